The van der Waals surface area contributed by atoms with Crippen molar-refractivity contribution in [1.29, 1.82) is 0 Å². The zero-order chi connectivity index (χ0) is 13.7. The van der Waals surface area contributed by atoms with Gasteiger partial charge >= 0.3 is 0 Å². The first-order valence-electron chi connectivity index (χ1n) is 6.17. The molecule has 0 fully saturated rings. The van der Waals surface area contributed by atoms with Crippen LogP contribution in [0.3, 0.4) is 0 Å². The minimum Gasteiger partial charge on any atom is -0.344 e. The molecular weight excluding hydrogens is 324 g/mol. The fourth-order valence-corrected chi connectivity index (χ4v) is 3.10. The van der Waals surface area contributed by atoms with E-state index in [1.54, 1.807) is 29.7 Å². The van der Waals surface area contributed by atoms with Gasteiger partial charge in [0.25, 0.3) is 5.91 Å². The Morgan fingerprint density at radius 1 is 1.47 bits per heavy atom. The maximum Gasteiger partial charge on any atom is 0.254 e. The summed E-state index contributed by atoms with van der Waals surface area (Å²) in [5.41, 5.74) is 0.570. The van der Waals surface area contributed by atoms with Crippen molar-refractivity contribution in [3.05, 3.63) is 50.9 Å². The van der Waals surface area contributed by atoms with E-state index in [0.717, 1.165) is 12.8 Å². The molecule has 0 aromatic carbocycles. The topological polar surface area (TPSA) is 42.0 Å². The van der Waals surface area contributed by atoms with E-state index in [2.05, 4.69) is 39.2 Å². The number of nitrogens with one attached hydrogen (secondary N) is 1. The SMILES string of the molecule is CCCC(NC(=O)c1cccnc1Br)c1cccs1. The summed E-state index contributed by atoms with van der Waals surface area (Å²) in [7, 11) is 0. The van der Waals surface area contributed by atoms with Crippen LogP contribution in [0.5, 0.6) is 0 Å². The highest BCUT2D eigenvalue weighted by atomic mass is 79.9. The second-order valence-electron chi connectivity index (χ2n) is 4.17. The fraction of sp³-hybridized carbons (Fsp3) is 0.286. The number of thiophene rings is 1. The van der Waals surface area contributed by atoms with Gasteiger partial charge in [0.1, 0.15) is 4.60 Å². The maximum absolute atomic E-state index is 12.3. The predicted octanol–water partition coefficient (Wildman–Crippen LogP) is 4.18. The minimum atomic E-state index is -0.0909. The van der Waals surface area contributed by atoms with E-state index in [0.29, 0.717) is 10.2 Å². The summed E-state index contributed by atoms with van der Waals surface area (Å²) in [6.45, 7) is 2.12. The highest BCUT2D eigenvalue weighted by molar-refractivity contribution is 9.10. The number of hydrogen-bond acceptors (Lipinski definition) is 3. The minimum absolute atomic E-state index is 0.0737. The smallest absolute Gasteiger partial charge is 0.254 e. The van der Waals surface area contributed by atoms with Gasteiger partial charge in [-0.15, -0.1) is 11.3 Å². The number of rotatable bonds is 5. The van der Waals surface area contributed by atoms with Gasteiger partial charge in [0.15, 0.2) is 0 Å². The molecule has 2 heterocycles. The standard InChI is InChI=1S/C14H15BrN2OS/c1-2-5-11(12-7-4-9-19-12)17-14(18)10-6-3-8-16-13(10)15/h3-4,6-9,11H,2,5H2,1H3,(H,17,18). The number of hydrogen-bond donors (Lipinski definition) is 1. The molecule has 100 valence electrons. The Labute approximate surface area is 125 Å². The van der Waals surface area contributed by atoms with Gasteiger partial charge in [0.2, 0.25) is 0 Å². The third-order valence-electron chi connectivity index (χ3n) is 2.77. The van der Waals surface area contributed by atoms with E-state index in [1.807, 2.05) is 11.4 Å². The summed E-state index contributed by atoms with van der Waals surface area (Å²) in [5, 5.41) is 5.11. The third kappa shape index (κ3) is 3.64. The van der Waals surface area contributed by atoms with Crippen LogP contribution >= 0.6 is 27.3 Å². The molecule has 5 heteroatoms. The second kappa shape index (κ2) is 6.82. The third-order valence-corrected chi connectivity index (χ3v) is 4.39. The summed E-state index contributed by atoms with van der Waals surface area (Å²) in [4.78, 5) is 17.5. The maximum atomic E-state index is 12.3. The zero-order valence-corrected chi connectivity index (χ0v) is 13.0. The van der Waals surface area contributed by atoms with E-state index in [-0.39, 0.29) is 11.9 Å². The van der Waals surface area contributed by atoms with Crippen LogP contribution < -0.4 is 5.32 Å². The summed E-state index contributed by atoms with van der Waals surface area (Å²) in [6.07, 6.45) is 3.62. The van der Waals surface area contributed by atoms with Crippen molar-refractivity contribution in [3.8, 4) is 0 Å². The largest absolute Gasteiger partial charge is 0.344 e. The van der Waals surface area contributed by atoms with Gasteiger partial charge in [0, 0.05) is 11.1 Å². The molecule has 0 aliphatic rings. The summed E-state index contributed by atoms with van der Waals surface area (Å²) >= 11 is 4.98. The molecule has 0 saturated carbocycles. The Balaban J connectivity index is 2.14. The van der Waals surface area contributed by atoms with Crippen molar-refractivity contribution in [1.82, 2.24) is 10.3 Å². The zero-order valence-electron chi connectivity index (χ0n) is 10.6. The van der Waals surface area contributed by atoms with Crippen molar-refractivity contribution in [2.24, 2.45) is 0 Å². The van der Waals surface area contributed by atoms with Crippen LogP contribution in [0.2, 0.25) is 0 Å². The number of amides is 1. The Hall–Kier alpha value is -1.20. The number of aromatic nitrogens is 1. The Bertz CT molecular complexity index is 542. The van der Waals surface area contributed by atoms with Gasteiger partial charge in [0.05, 0.1) is 11.6 Å². The van der Waals surface area contributed by atoms with Gasteiger partial charge < -0.3 is 5.32 Å². The molecule has 1 amide bonds. The monoisotopic (exact) mass is 338 g/mol. The van der Waals surface area contributed by atoms with Crippen molar-refractivity contribution in [2.75, 3.05) is 0 Å². The van der Waals surface area contributed by atoms with E-state index in [1.165, 1.54) is 4.88 Å². The van der Waals surface area contributed by atoms with Gasteiger partial charge in [-0.05, 0) is 45.9 Å². The molecule has 0 aliphatic heterocycles. The first kappa shape index (κ1) is 14.2. The molecule has 2 rings (SSSR count). The molecule has 1 atom stereocenters. The molecule has 0 radical (unpaired) electrons. The normalized spacial score (nSPS) is 12.1. The fourth-order valence-electron chi connectivity index (χ4n) is 1.86. The number of pyridine rings is 1. The molecule has 0 saturated heterocycles. The highest BCUT2D eigenvalue weighted by Crippen LogP contribution is 2.24. The van der Waals surface area contributed by atoms with Crippen LogP contribution in [0, 0.1) is 0 Å². The average Bonchev–Trinajstić information content (AvgIpc) is 2.92. The molecular formula is C14H15BrN2OS. The lowest BCUT2D eigenvalue weighted by atomic mass is 10.1. The van der Waals surface area contributed by atoms with Gasteiger partial charge in [-0.2, -0.15) is 0 Å². The molecule has 1 N–H and O–H groups in total. The van der Waals surface area contributed by atoms with Crippen LogP contribution in [0.15, 0.2) is 40.4 Å². The number of nitrogens with zero attached hydrogens (tertiary/aromatic N) is 1. The summed E-state index contributed by atoms with van der Waals surface area (Å²) < 4.78 is 0.578. The molecule has 19 heavy (non-hydrogen) atoms. The van der Waals surface area contributed by atoms with Crippen molar-refractivity contribution < 1.29 is 4.79 Å². The van der Waals surface area contributed by atoms with Crippen LogP contribution in [-0.2, 0) is 0 Å². The molecule has 0 bridgehead atoms. The molecule has 2 aromatic rings. The van der Waals surface area contributed by atoms with E-state index in [9.17, 15) is 4.79 Å². The van der Waals surface area contributed by atoms with Crippen LogP contribution in [0.25, 0.3) is 0 Å². The number of carbonyl (C=O) groups is 1. The first-order chi connectivity index (χ1) is 9.22. The molecule has 0 aliphatic carbocycles. The predicted molar refractivity (Wildman–Crippen MR) is 81.4 cm³/mol. The van der Waals surface area contributed by atoms with Crippen molar-refractivity contribution >= 4 is 33.2 Å². The van der Waals surface area contributed by atoms with Crippen LogP contribution in [0.4, 0.5) is 0 Å². The molecule has 0 spiro atoms. The van der Waals surface area contributed by atoms with Crippen molar-refractivity contribution in [2.45, 2.75) is 25.8 Å². The Kier molecular flexibility index (Phi) is 5.10. The van der Waals surface area contributed by atoms with Gasteiger partial charge in [-0.1, -0.05) is 19.4 Å². The van der Waals surface area contributed by atoms with Crippen molar-refractivity contribution in [3.63, 3.8) is 0 Å². The quantitative estimate of drug-likeness (QED) is 0.831. The average molecular weight is 339 g/mol. The Morgan fingerprint density at radius 2 is 2.32 bits per heavy atom. The van der Waals surface area contributed by atoms with Gasteiger partial charge in [-0.3, -0.25) is 4.79 Å². The van der Waals surface area contributed by atoms with Crippen LogP contribution in [-0.4, -0.2) is 10.9 Å². The number of halogens is 1. The summed E-state index contributed by atoms with van der Waals surface area (Å²) in [5.74, 6) is -0.0909. The highest BCUT2D eigenvalue weighted by Gasteiger charge is 2.17. The van der Waals surface area contributed by atoms with E-state index >= 15 is 0 Å². The lowest BCUT2D eigenvalue weighted by Gasteiger charge is -2.17. The molecule has 3 nitrogen and oxygen atoms in total. The van der Waals surface area contributed by atoms with E-state index in [4.69, 9.17) is 0 Å². The second-order valence-corrected chi connectivity index (χ2v) is 5.90. The molecule has 1 unspecified atom stereocenters. The lowest BCUT2D eigenvalue weighted by molar-refractivity contribution is 0.0934. The van der Waals surface area contributed by atoms with Gasteiger partial charge in [-0.25, -0.2) is 4.98 Å². The number of carbonyl (C=O) groups excluding carboxylic acids is 1. The molecule has 2 aromatic heterocycles. The first-order valence-corrected chi connectivity index (χ1v) is 7.84. The summed E-state index contributed by atoms with van der Waals surface area (Å²) in [6, 6.07) is 7.67. The van der Waals surface area contributed by atoms with E-state index < -0.39 is 0 Å². The Morgan fingerprint density at radius 3 is 2.95 bits per heavy atom. The van der Waals surface area contributed by atoms with Crippen LogP contribution in [0.1, 0.15) is 41.0 Å². The lowest BCUT2D eigenvalue weighted by Crippen LogP contribution is -2.28.